The van der Waals surface area contributed by atoms with Crippen molar-refractivity contribution in [3.05, 3.63) is 113 Å². The number of primary amides is 1. The summed E-state index contributed by atoms with van der Waals surface area (Å²) in [7, 11) is 0. The lowest BCUT2D eigenvalue weighted by Gasteiger charge is -2.39. The molecule has 4 aromatic rings. The molecule has 0 aliphatic carbocycles. The first-order valence-electron chi connectivity index (χ1n) is 29.4. The minimum Gasteiger partial charge on any atom is -0.508 e. The van der Waals surface area contributed by atoms with E-state index in [2.05, 4.69) is 28.2 Å². The number of fused-ring (bicyclic) bond motifs is 1. The van der Waals surface area contributed by atoms with Gasteiger partial charge in [0.15, 0.2) is 12.4 Å². The largest absolute Gasteiger partial charge is 0.508 e. The Morgan fingerprint density at radius 1 is 0.600 bits per heavy atom. The van der Waals surface area contributed by atoms with E-state index in [9.17, 15) is 44.4 Å². The van der Waals surface area contributed by atoms with Crippen LogP contribution in [0.1, 0.15) is 157 Å². The number of aliphatic hydroxyl groups excluding tert-OH is 3. The number of amides is 5. The Bertz CT molecular complexity index is 2500. The molecule has 440 valence electrons. The molecule has 1 aliphatic rings. The number of hydrogen-bond donors (Lipinski definition) is 10. The van der Waals surface area contributed by atoms with Crippen LogP contribution in [-0.4, -0.2) is 118 Å². The second-order valence-electron chi connectivity index (χ2n) is 21.8. The van der Waals surface area contributed by atoms with Gasteiger partial charge in [0.1, 0.15) is 42.2 Å². The minimum atomic E-state index is -1.74. The van der Waals surface area contributed by atoms with Crippen LogP contribution < -0.4 is 32.7 Å². The number of carbonyl (C=O) groups excluding carboxylic acids is 5. The van der Waals surface area contributed by atoms with Gasteiger partial charge in [0.2, 0.25) is 23.6 Å². The zero-order chi connectivity index (χ0) is 57.8. The molecule has 0 spiro atoms. The molecule has 17 heteroatoms. The van der Waals surface area contributed by atoms with E-state index in [1.54, 1.807) is 38.1 Å². The molecule has 1 fully saturated rings. The molecule has 5 rings (SSSR count). The first-order chi connectivity index (χ1) is 38.6. The molecule has 0 aromatic heterocycles. The molecule has 12 N–H and O–H groups in total. The van der Waals surface area contributed by atoms with Crippen molar-refractivity contribution < 1.29 is 53.9 Å². The Morgan fingerprint density at radius 3 is 1.77 bits per heavy atom. The Morgan fingerprint density at radius 2 is 1.15 bits per heavy atom. The number of phenolic OH excluding ortho intramolecular Hbond substituents is 1. The van der Waals surface area contributed by atoms with E-state index < -0.39 is 84.4 Å². The number of aromatic hydroxyl groups is 1. The smallest absolute Gasteiger partial charge is 0.252 e. The monoisotopic (exact) mass is 1110 g/mol. The highest BCUT2D eigenvalue weighted by Gasteiger charge is 2.47. The molecule has 0 bridgehead atoms. The molecule has 80 heavy (non-hydrogen) atoms. The summed E-state index contributed by atoms with van der Waals surface area (Å²) in [6, 6.07) is 20.7. The van der Waals surface area contributed by atoms with Crippen LogP contribution >= 0.6 is 0 Å². The van der Waals surface area contributed by atoms with Crippen LogP contribution in [0.25, 0.3) is 10.8 Å². The number of nitrogens with one attached hydrogen (secondary N) is 4. The number of carbonyl (C=O) groups is 5. The number of aryl methyl sites for hydroxylation is 2. The SMILES string of the molecule is CCCCCCCCCCCCCCCCCCO[C@@H]1O[C@H](C(=O)NCCCC[C@@H](NC(=O)[C@@H](N)Cc2c(C)cc(O)cc2C)C(=O)N[C@@H](Cc2cccc3ccccc23)C(=O)N[C@@H](Cc2ccccc2)C(N)=O)[C@@H](O)[C@H](O)[C@H]1O. The van der Waals surface area contributed by atoms with E-state index in [0.29, 0.717) is 6.42 Å². The summed E-state index contributed by atoms with van der Waals surface area (Å²) in [6.45, 7) is 6.12. The van der Waals surface area contributed by atoms with E-state index in [1.807, 2.05) is 60.7 Å². The van der Waals surface area contributed by atoms with Gasteiger partial charge in [-0.1, -0.05) is 176 Å². The lowest BCUT2D eigenvalue weighted by Crippen LogP contribution is -2.62. The second kappa shape index (κ2) is 35.0. The molecular weight excluding hydrogens is 1020 g/mol. The summed E-state index contributed by atoms with van der Waals surface area (Å²) >= 11 is 0. The number of benzene rings is 4. The fourth-order valence-corrected chi connectivity index (χ4v) is 10.5. The number of rotatable bonds is 37. The minimum absolute atomic E-state index is 0.00755. The fourth-order valence-electron chi connectivity index (χ4n) is 10.5. The number of unbranched alkanes of at least 4 members (excludes halogenated alkanes) is 16. The van der Waals surface area contributed by atoms with Crippen LogP contribution in [-0.2, 0) is 52.7 Å². The van der Waals surface area contributed by atoms with Crippen molar-refractivity contribution in [1.29, 1.82) is 0 Å². The summed E-state index contributed by atoms with van der Waals surface area (Å²) in [5.74, 6) is -3.46. The summed E-state index contributed by atoms with van der Waals surface area (Å²) in [4.78, 5) is 69.1. The van der Waals surface area contributed by atoms with Crippen molar-refractivity contribution in [2.45, 2.75) is 217 Å². The Hall–Kier alpha value is -5.95. The van der Waals surface area contributed by atoms with Crippen molar-refractivity contribution in [3.8, 4) is 5.75 Å². The van der Waals surface area contributed by atoms with Gasteiger partial charge in [-0.25, -0.2) is 0 Å². The van der Waals surface area contributed by atoms with E-state index in [4.69, 9.17) is 20.9 Å². The Balaban J connectivity index is 1.17. The van der Waals surface area contributed by atoms with Crippen LogP contribution in [0.2, 0.25) is 0 Å². The summed E-state index contributed by atoms with van der Waals surface area (Å²) in [5, 5.41) is 55.2. The number of ether oxygens (including phenoxy) is 2. The van der Waals surface area contributed by atoms with Gasteiger partial charge >= 0.3 is 0 Å². The summed E-state index contributed by atoms with van der Waals surface area (Å²) in [5.41, 5.74) is 16.0. The average molecular weight is 1110 g/mol. The van der Waals surface area contributed by atoms with Crippen LogP contribution in [0.3, 0.4) is 0 Å². The maximum Gasteiger partial charge on any atom is 0.252 e. The Kier molecular flexibility index (Phi) is 28.4. The summed E-state index contributed by atoms with van der Waals surface area (Å²) < 4.78 is 11.5. The van der Waals surface area contributed by atoms with E-state index in [0.717, 1.165) is 57.9 Å². The first kappa shape index (κ1) is 64.9. The van der Waals surface area contributed by atoms with Gasteiger partial charge in [0.05, 0.1) is 6.04 Å². The first-order valence-corrected chi connectivity index (χ1v) is 29.4. The molecule has 9 atom stereocenters. The molecule has 1 aliphatic heterocycles. The zero-order valence-electron chi connectivity index (χ0n) is 47.6. The number of nitrogens with two attached hydrogens (primary N) is 2. The molecule has 17 nitrogen and oxygen atoms in total. The molecule has 1 heterocycles. The third kappa shape index (κ3) is 21.5. The lowest BCUT2D eigenvalue weighted by molar-refractivity contribution is -0.290. The second-order valence-corrected chi connectivity index (χ2v) is 21.8. The normalized spacial score (nSPS) is 18.7. The van der Waals surface area contributed by atoms with Crippen LogP contribution in [0.4, 0.5) is 0 Å². The molecule has 0 unspecified atom stereocenters. The van der Waals surface area contributed by atoms with Gasteiger partial charge in [-0.15, -0.1) is 0 Å². The highest BCUT2D eigenvalue weighted by Crippen LogP contribution is 2.25. The predicted octanol–water partition coefficient (Wildman–Crippen LogP) is 6.83. The predicted molar refractivity (Wildman–Crippen MR) is 311 cm³/mol. The van der Waals surface area contributed by atoms with E-state index in [1.165, 1.54) is 77.0 Å². The highest BCUT2D eigenvalue weighted by molar-refractivity contribution is 5.95. The van der Waals surface area contributed by atoms with Gasteiger partial charge in [-0.2, -0.15) is 0 Å². The fraction of sp³-hybridized carbons (Fsp3) is 0.571. The lowest BCUT2D eigenvalue weighted by atomic mass is 9.95. The van der Waals surface area contributed by atoms with Gasteiger partial charge in [0, 0.05) is 26.0 Å². The van der Waals surface area contributed by atoms with Crippen molar-refractivity contribution in [1.82, 2.24) is 21.3 Å². The van der Waals surface area contributed by atoms with E-state index >= 15 is 0 Å². The van der Waals surface area contributed by atoms with Crippen LogP contribution in [0, 0.1) is 13.8 Å². The van der Waals surface area contributed by atoms with Gasteiger partial charge in [-0.3, -0.25) is 24.0 Å². The standard InChI is InChI=1S/C63H92N6O11/c1-4-5-6-7-8-9-10-11-12-13-14-15-16-17-18-26-36-79-63-56(73)54(71)55(72)57(80-63)62(78)66-35-25-24-34-51(67-59(75)50(64)41-49-42(2)37-47(70)38-43(49)3)60(76)69-53(40-46-32-27-31-45-30-22-23-33-48(45)46)61(77)68-52(58(65)74)39-44-28-20-19-21-29-44/h19-23,27-33,37-38,50-57,63,70-73H,4-18,24-26,34-36,39-41,64H2,1-3H3,(H2,65,74)(H,66,78)(H,67,75)(H,68,77)(H,69,76)/t50-,51+,52-,53-,54-,55-,56+,57-,63+/m0/s1. The van der Waals surface area contributed by atoms with Gasteiger partial charge in [-0.05, 0) is 96.7 Å². The molecule has 1 saturated heterocycles. The van der Waals surface area contributed by atoms with Crippen molar-refractivity contribution in [2.24, 2.45) is 11.5 Å². The zero-order valence-corrected chi connectivity index (χ0v) is 47.6. The average Bonchev–Trinajstić information content (AvgIpc) is 3.48. The third-order valence-electron chi connectivity index (χ3n) is 15.3. The van der Waals surface area contributed by atoms with Gasteiger partial charge < -0.3 is 62.6 Å². The maximum atomic E-state index is 14.6. The number of aliphatic hydroxyl groups is 3. The Labute approximate surface area is 473 Å². The third-order valence-corrected chi connectivity index (χ3v) is 15.3. The molecular formula is C63H92N6O11. The molecule has 0 saturated carbocycles. The number of hydrogen-bond acceptors (Lipinski definition) is 12. The topological polar surface area (TPSA) is 285 Å². The molecule has 4 aromatic carbocycles. The highest BCUT2D eigenvalue weighted by atomic mass is 16.7. The van der Waals surface area contributed by atoms with Gasteiger partial charge in [0.25, 0.3) is 5.91 Å². The summed E-state index contributed by atoms with van der Waals surface area (Å²) in [6.07, 6.45) is 12.4. The number of phenols is 1. The van der Waals surface area contributed by atoms with Crippen molar-refractivity contribution in [2.75, 3.05) is 13.2 Å². The molecule has 5 amide bonds. The van der Waals surface area contributed by atoms with Crippen LogP contribution in [0.15, 0.2) is 84.9 Å². The quantitative estimate of drug-likeness (QED) is 0.0208. The van der Waals surface area contributed by atoms with Crippen molar-refractivity contribution >= 4 is 40.3 Å². The maximum absolute atomic E-state index is 14.6. The van der Waals surface area contributed by atoms with Crippen molar-refractivity contribution in [3.63, 3.8) is 0 Å². The molecule has 0 radical (unpaired) electrons. The van der Waals surface area contributed by atoms with E-state index in [-0.39, 0.29) is 57.4 Å². The van der Waals surface area contributed by atoms with Crippen LogP contribution in [0.5, 0.6) is 5.75 Å².